The molecular formula is C98H105BN4. The quantitative estimate of drug-likeness (QED) is 0.111. The molecule has 520 valence electrons. The van der Waals surface area contributed by atoms with Crippen LogP contribution in [0.2, 0.25) is 0 Å². The largest absolute Gasteiger partial charge is 0.334 e. The zero-order chi connectivity index (χ0) is 71.4. The van der Waals surface area contributed by atoms with Gasteiger partial charge in [0.1, 0.15) is 0 Å². The Morgan fingerprint density at radius 1 is 0.388 bits per heavy atom. The average molecular weight is 1350 g/mol. The highest BCUT2D eigenvalue weighted by molar-refractivity contribution is 7.00. The van der Waals surface area contributed by atoms with E-state index in [1.165, 1.54) is 176 Å². The van der Waals surface area contributed by atoms with Crippen molar-refractivity contribution in [3.05, 3.63) is 256 Å². The lowest BCUT2D eigenvalue weighted by Gasteiger charge is -2.51. The first-order valence-corrected chi connectivity index (χ1v) is 39.2. The first-order valence-electron chi connectivity index (χ1n) is 39.2. The lowest BCUT2D eigenvalue weighted by atomic mass is 9.33. The SMILES string of the molecule is CC(C)(C)c1cc2c3c(c1)N(C1C(C4=CCCCC4)=CCCC1C1=CCCCC1)c1cc(-n4c5ccc(C(C)(C)C)cc5c5cc(C(C)(C)C)ccc54)ccc1B3c1ccc(-n3c4ccc(C(C)(C)C)cc4c4cc(C(C)(C)C)ccc43)cc1N2c1c(C2=CCCC=C2)cccc1-c1ccccc1. The van der Waals surface area contributed by atoms with Crippen molar-refractivity contribution in [2.75, 3.05) is 9.80 Å². The molecule has 2 aromatic heterocycles. The first-order chi connectivity index (χ1) is 49.3. The number of hydrogen-bond donors (Lipinski definition) is 0. The second-order valence-electron chi connectivity index (χ2n) is 36.4. The van der Waals surface area contributed by atoms with Gasteiger partial charge < -0.3 is 18.9 Å². The van der Waals surface area contributed by atoms with Crippen LogP contribution in [0.4, 0.5) is 28.4 Å². The standard InChI is InChI=1S/C98H105BN4/c1-94(2,3)66-42-50-83-77(54-66)78-55-67(95(4,5)6)43-51-84(78)100(83)71-46-48-81-87(60-71)102(92-73(62-30-20-16-21-31-62)38-28-39-74(92)63-32-22-17-23-33-63)89-58-70(98(13,14)15)59-90-91(89)99(81)82-49-47-72(101-85-52-44-68(96(7,8)9)56-79(85)80-57-69(97(10,11)12)45-53-86(80)101)61-88(82)103(90)93-75(64-34-24-18-25-35-64)40-29-41-76(93)65-36-26-19-27-37-65/h16,20-22,28,30-34,36,38-40,42-61,76,93H,17-19,23-27,29,35,37,41H2,1-15H3. The molecule has 0 N–H and O–H groups in total. The van der Waals surface area contributed by atoms with E-state index in [1.54, 1.807) is 16.7 Å². The second-order valence-corrected chi connectivity index (χ2v) is 36.4. The minimum atomic E-state index is -0.233. The summed E-state index contributed by atoms with van der Waals surface area (Å²) in [6, 6.07) is 68.8. The molecule has 17 rings (SSSR count). The van der Waals surface area contributed by atoms with Gasteiger partial charge in [0.15, 0.2) is 0 Å². The van der Waals surface area contributed by atoms with Gasteiger partial charge in [-0.1, -0.05) is 231 Å². The Morgan fingerprint density at radius 2 is 0.903 bits per heavy atom. The van der Waals surface area contributed by atoms with Crippen LogP contribution >= 0.6 is 0 Å². The van der Waals surface area contributed by atoms with E-state index in [4.69, 9.17) is 0 Å². The van der Waals surface area contributed by atoms with Crippen LogP contribution in [0.15, 0.2) is 223 Å². The molecule has 103 heavy (non-hydrogen) atoms. The third-order valence-electron chi connectivity index (χ3n) is 24.4. The molecule has 0 saturated carbocycles. The molecule has 9 aromatic carbocycles. The molecule has 4 heterocycles. The van der Waals surface area contributed by atoms with Crippen LogP contribution in [0.25, 0.3) is 71.7 Å². The Hall–Kier alpha value is -9.06. The van der Waals surface area contributed by atoms with Crippen LogP contribution in [0.5, 0.6) is 0 Å². The fourth-order valence-corrected chi connectivity index (χ4v) is 18.6. The fourth-order valence-electron chi connectivity index (χ4n) is 18.6. The molecule has 0 spiro atoms. The minimum absolute atomic E-state index is 0.0180. The van der Waals surface area contributed by atoms with Gasteiger partial charge in [0.05, 0.1) is 33.8 Å². The number of allylic oxidation sites excluding steroid dienone is 7. The summed E-state index contributed by atoms with van der Waals surface area (Å²) in [5.74, 6) is 0.333. The Bertz CT molecular complexity index is 5300. The summed E-state index contributed by atoms with van der Waals surface area (Å²) in [4.78, 5) is 5.82. The van der Waals surface area contributed by atoms with Crippen molar-refractivity contribution in [3.8, 4) is 22.5 Å². The summed E-state index contributed by atoms with van der Waals surface area (Å²) in [6.07, 6.45) is 29.3. The summed E-state index contributed by atoms with van der Waals surface area (Å²) < 4.78 is 5.24. The predicted molar refractivity (Wildman–Crippen MR) is 446 cm³/mol. The minimum Gasteiger partial charge on any atom is -0.334 e. The third-order valence-corrected chi connectivity index (χ3v) is 24.4. The molecule has 2 aliphatic heterocycles. The van der Waals surface area contributed by atoms with Crippen LogP contribution < -0.4 is 26.2 Å². The number of hydrogen-bond acceptors (Lipinski definition) is 2. The normalized spacial score (nSPS) is 18.1. The maximum atomic E-state index is 3.01. The van der Waals surface area contributed by atoms with E-state index in [1.807, 2.05) is 0 Å². The third kappa shape index (κ3) is 11.5. The summed E-state index contributed by atoms with van der Waals surface area (Å²) in [5.41, 5.74) is 34.0. The highest BCUT2D eigenvalue weighted by atomic mass is 15.2. The summed E-state index contributed by atoms with van der Waals surface area (Å²) in [7, 11) is 0. The molecule has 5 heteroatoms. The molecule has 0 bridgehead atoms. The molecule has 4 aliphatic carbocycles. The maximum absolute atomic E-state index is 3.01. The predicted octanol–water partition coefficient (Wildman–Crippen LogP) is 25.2. The Morgan fingerprint density at radius 3 is 1.41 bits per heavy atom. The summed E-state index contributed by atoms with van der Waals surface area (Å²) in [5, 5.41) is 5.23. The number of rotatable bonds is 8. The first kappa shape index (κ1) is 67.1. The van der Waals surface area contributed by atoms with Gasteiger partial charge in [-0.05, 0) is 256 Å². The molecule has 0 amide bonds. The van der Waals surface area contributed by atoms with Gasteiger partial charge in [-0.15, -0.1) is 0 Å². The number of benzene rings is 9. The topological polar surface area (TPSA) is 16.3 Å². The van der Waals surface area contributed by atoms with Crippen molar-refractivity contribution >= 4 is 101 Å². The van der Waals surface area contributed by atoms with E-state index in [9.17, 15) is 0 Å². The molecule has 0 radical (unpaired) electrons. The van der Waals surface area contributed by atoms with Gasteiger partial charge in [0, 0.05) is 72.7 Å². The number of anilines is 5. The molecule has 4 nitrogen and oxygen atoms in total. The van der Waals surface area contributed by atoms with E-state index in [0.717, 1.165) is 50.6 Å². The van der Waals surface area contributed by atoms with Crippen LogP contribution in [-0.2, 0) is 27.1 Å². The van der Waals surface area contributed by atoms with Gasteiger partial charge in [0.2, 0.25) is 0 Å². The lowest BCUT2D eigenvalue weighted by molar-refractivity contribution is 0.439. The van der Waals surface area contributed by atoms with Crippen molar-refractivity contribution < 1.29 is 0 Å². The van der Waals surface area contributed by atoms with E-state index in [0.29, 0.717) is 5.92 Å². The monoisotopic (exact) mass is 1350 g/mol. The van der Waals surface area contributed by atoms with Crippen molar-refractivity contribution in [3.63, 3.8) is 0 Å². The Kier molecular flexibility index (Phi) is 16.2. The molecular weight excluding hydrogens is 1240 g/mol. The van der Waals surface area contributed by atoms with E-state index in [-0.39, 0.29) is 39.8 Å². The Labute approximate surface area is 614 Å². The van der Waals surface area contributed by atoms with Crippen molar-refractivity contribution in [2.24, 2.45) is 5.92 Å². The van der Waals surface area contributed by atoms with Crippen LogP contribution in [0.3, 0.4) is 0 Å². The highest BCUT2D eigenvalue weighted by Crippen LogP contribution is 2.54. The lowest BCUT2D eigenvalue weighted by Crippen LogP contribution is -2.63. The van der Waals surface area contributed by atoms with Crippen LogP contribution in [0.1, 0.15) is 214 Å². The molecule has 0 fully saturated rings. The van der Waals surface area contributed by atoms with Crippen LogP contribution in [0, 0.1) is 5.92 Å². The molecule has 11 aromatic rings. The number of aromatic nitrogens is 2. The molecule has 2 atom stereocenters. The highest BCUT2D eigenvalue weighted by Gasteiger charge is 2.49. The van der Waals surface area contributed by atoms with Crippen molar-refractivity contribution in [1.29, 1.82) is 0 Å². The van der Waals surface area contributed by atoms with E-state index in [2.05, 4.69) is 329 Å². The summed E-state index contributed by atoms with van der Waals surface area (Å²) in [6.45, 7) is 35.5. The molecule has 0 saturated heterocycles. The zero-order valence-corrected chi connectivity index (χ0v) is 64.1. The zero-order valence-electron chi connectivity index (χ0n) is 64.1. The number of fused-ring (bicyclic) bond motifs is 10. The molecule has 6 aliphatic rings. The number of para-hydroxylation sites is 1. The fraction of sp³-hybridized carbons (Fsp3) is 0.347. The molecule has 2 unspecified atom stereocenters. The Balaban J connectivity index is 1.02. The van der Waals surface area contributed by atoms with Crippen molar-refractivity contribution in [2.45, 2.75) is 214 Å². The van der Waals surface area contributed by atoms with Gasteiger partial charge >= 0.3 is 0 Å². The van der Waals surface area contributed by atoms with Gasteiger partial charge in [-0.3, -0.25) is 0 Å². The summed E-state index contributed by atoms with van der Waals surface area (Å²) >= 11 is 0. The maximum Gasteiger partial charge on any atom is 0.252 e. The second kappa shape index (κ2) is 24.8. The average Bonchev–Trinajstić information content (AvgIpc) is 1.07. The van der Waals surface area contributed by atoms with E-state index < -0.39 is 0 Å². The van der Waals surface area contributed by atoms with E-state index >= 15 is 0 Å². The van der Waals surface area contributed by atoms with Gasteiger partial charge in [-0.25, -0.2) is 0 Å². The smallest absolute Gasteiger partial charge is 0.252 e. The number of nitrogens with zero attached hydrogens (tertiary/aromatic N) is 4. The van der Waals surface area contributed by atoms with Crippen molar-refractivity contribution in [1.82, 2.24) is 9.13 Å². The van der Waals surface area contributed by atoms with Crippen LogP contribution in [-0.4, -0.2) is 21.9 Å². The van der Waals surface area contributed by atoms with Gasteiger partial charge in [-0.2, -0.15) is 0 Å². The van der Waals surface area contributed by atoms with Gasteiger partial charge in [0.25, 0.3) is 6.71 Å².